The van der Waals surface area contributed by atoms with E-state index in [-0.39, 0.29) is 11.9 Å². The fraction of sp³-hybridized carbons (Fsp3) is 0.389. The van der Waals surface area contributed by atoms with Crippen LogP contribution in [0.25, 0.3) is 0 Å². The van der Waals surface area contributed by atoms with Gasteiger partial charge in [0.2, 0.25) is 0 Å². The van der Waals surface area contributed by atoms with Gasteiger partial charge in [-0.1, -0.05) is 37.6 Å². The van der Waals surface area contributed by atoms with Gasteiger partial charge in [0, 0.05) is 17.0 Å². The molecule has 1 amide bonds. The molecule has 0 aliphatic heterocycles. The summed E-state index contributed by atoms with van der Waals surface area (Å²) in [5, 5.41) is 5.18. The number of benzene rings is 1. The second-order valence-corrected chi connectivity index (χ2v) is 6.31. The molecule has 22 heavy (non-hydrogen) atoms. The minimum Gasteiger partial charge on any atom is -0.350 e. The van der Waals surface area contributed by atoms with Gasteiger partial charge in [-0.3, -0.25) is 9.69 Å². The molecule has 1 unspecified atom stereocenters. The molecule has 0 spiro atoms. The number of amides is 1. The molecule has 0 aliphatic carbocycles. The van der Waals surface area contributed by atoms with Gasteiger partial charge >= 0.3 is 0 Å². The summed E-state index contributed by atoms with van der Waals surface area (Å²) in [6.07, 6.45) is 0. The lowest BCUT2D eigenvalue weighted by Gasteiger charge is -2.29. The standard InChI is InChI=1S/C18H24N2OS/c1-4-20(5-2)16(17-10-7-11-22-17)13-19-18(21)15-9-6-8-14(3)12-15/h6-12,16H,4-5,13H2,1-3H3,(H,19,21). The van der Waals surface area contributed by atoms with Crippen molar-refractivity contribution in [2.24, 2.45) is 0 Å². The molecular weight excluding hydrogens is 292 g/mol. The van der Waals surface area contributed by atoms with E-state index in [1.165, 1.54) is 4.88 Å². The Labute approximate surface area is 137 Å². The number of aryl methyl sites for hydroxylation is 1. The highest BCUT2D eigenvalue weighted by Gasteiger charge is 2.20. The molecule has 0 aliphatic rings. The molecule has 1 heterocycles. The topological polar surface area (TPSA) is 32.3 Å². The first-order valence-corrected chi connectivity index (χ1v) is 8.66. The van der Waals surface area contributed by atoms with Crippen molar-refractivity contribution in [1.82, 2.24) is 10.2 Å². The third-order valence-electron chi connectivity index (χ3n) is 3.86. The van der Waals surface area contributed by atoms with Gasteiger partial charge in [-0.25, -0.2) is 0 Å². The van der Waals surface area contributed by atoms with Crippen molar-refractivity contribution in [2.75, 3.05) is 19.6 Å². The van der Waals surface area contributed by atoms with Gasteiger partial charge in [0.15, 0.2) is 0 Å². The summed E-state index contributed by atoms with van der Waals surface area (Å²) < 4.78 is 0. The van der Waals surface area contributed by atoms with Crippen LogP contribution in [0, 0.1) is 6.92 Å². The molecule has 118 valence electrons. The van der Waals surface area contributed by atoms with Crippen molar-refractivity contribution in [3.05, 3.63) is 57.8 Å². The Kier molecular flexibility index (Phi) is 6.16. The van der Waals surface area contributed by atoms with Crippen LogP contribution in [-0.2, 0) is 0 Å². The number of nitrogens with one attached hydrogen (secondary N) is 1. The first-order valence-electron chi connectivity index (χ1n) is 7.78. The van der Waals surface area contributed by atoms with E-state index in [9.17, 15) is 4.79 Å². The maximum absolute atomic E-state index is 12.3. The number of nitrogens with zero attached hydrogens (tertiary/aromatic N) is 1. The van der Waals surface area contributed by atoms with Crippen molar-refractivity contribution in [1.29, 1.82) is 0 Å². The van der Waals surface area contributed by atoms with E-state index in [1.807, 2.05) is 31.2 Å². The van der Waals surface area contributed by atoms with Crippen LogP contribution in [0.2, 0.25) is 0 Å². The average Bonchev–Trinajstić information content (AvgIpc) is 3.05. The van der Waals surface area contributed by atoms with Crippen molar-refractivity contribution in [2.45, 2.75) is 26.8 Å². The predicted octanol–water partition coefficient (Wildman–Crippen LogP) is 3.87. The van der Waals surface area contributed by atoms with Gasteiger partial charge in [-0.2, -0.15) is 0 Å². The van der Waals surface area contributed by atoms with E-state index >= 15 is 0 Å². The molecule has 2 rings (SSSR count). The van der Waals surface area contributed by atoms with Crippen molar-refractivity contribution < 1.29 is 4.79 Å². The molecule has 2 aromatic rings. The molecule has 1 aromatic heterocycles. The van der Waals surface area contributed by atoms with Gasteiger partial charge in [0.1, 0.15) is 0 Å². The summed E-state index contributed by atoms with van der Waals surface area (Å²) in [5.41, 5.74) is 1.83. The van der Waals surface area contributed by atoms with Crippen molar-refractivity contribution in [3.63, 3.8) is 0 Å². The van der Waals surface area contributed by atoms with Crippen LogP contribution in [-0.4, -0.2) is 30.4 Å². The number of thiophene rings is 1. The molecule has 1 aromatic carbocycles. The van der Waals surface area contributed by atoms with Gasteiger partial charge in [0.25, 0.3) is 5.91 Å². The minimum atomic E-state index is -0.00240. The zero-order valence-corrected chi connectivity index (χ0v) is 14.3. The van der Waals surface area contributed by atoms with Crippen LogP contribution in [0.15, 0.2) is 41.8 Å². The molecule has 3 nitrogen and oxygen atoms in total. The quantitative estimate of drug-likeness (QED) is 0.841. The van der Waals surface area contributed by atoms with E-state index in [0.29, 0.717) is 6.54 Å². The van der Waals surface area contributed by atoms with Crippen LogP contribution >= 0.6 is 11.3 Å². The van der Waals surface area contributed by atoms with Crippen LogP contribution in [0.3, 0.4) is 0 Å². The molecule has 1 N–H and O–H groups in total. The van der Waals surface area contributed by atoms with Gasteiger partial charge in [0.05, 0.1) is 6.04 Å². The zero-order chi connectivity index (χ0) is 15.9. The molecule has 0 saturated carbocycles. The molecule has 0 fully saturated rings. The van der Waals surface area contributed by atoms with Crippen molar-refractivity contribution in [3.8, 4) is 0 Å². The van der Waals surface area contributed by atoms with E-state index in [1.54, 1.807) is 11.3 Å². The number of likely N-dealkylation sites (N-methyl/N-ethyl adjacent to an activating group) is 1. The Morgan fingerprint density at radius 1 is 1.23 bits per heavy atom. The highest BCUT2D eigenvalue weighted by Crippen LogP contribution is 2.24. The summed E-state index contributed by atoms with van der Waals surface area (Å²) in [6.45, 7) is 8.90. The number of carbonyl (C=O) groups is 1. The fourth-order valence-electron chi connectivity index (χ4n) is 2.63. The lowest BCUT2D eigenvalue weighted by Crippen LogP contribution is -2.37. The predicted molar refractivity (Wildman–Crippen MR) is 93.5 cm³/mol. The number of hydrogen-bond donors (Lipinski definition) is 1. The van der Waals surface area contributed by atoms with Gasteiger partial charge in [-0.15, -0.1) is 11.3 Å². The molecule has 0 saturated heterocycles. The molecule has 4 heteroatoms. The first kappa shape index (κ1) is 16.7. The van der Waals surface area contributed by atoms with E-state index < -0.39 is 0 Å². The lowest BCUT2D eigenvalue weighted by atomic mass is 10.1. The van der Waals surface area contributed by atoms with E-state index in [0.717, 1.165) is 24.2 Å². The summed E-state index contributed by atoms with van der Waals surface area (Å²) in [6, 6.07) is 12.2. The summed E-state index contributed by atoms with van der Waals surface area (Å²) in [4.78, 5) is 16.0. The molecule has 1 atom stereocenters. The Balaban J connectivity index is 2.06. The summed E-state index contributed by atoms with van der Waals surface area (Å²) >= 11 is 1.75. The average molecular weight is 316 g/mol. The Morgan fingerprint density at radius 3 is 2.59 bits per heavy atom. The normalized spacial score (nSPS) is 12.4. The smallest absolute Gasteiger partial charge is 0.251 e. The summed E-state index contributed by atoms with van der Waals surface area (Å²) in [5.74, 6) is -0.00240. The second-order valence-electron chi connectivity index (χ2n) is 5.33. The van der Waals surface area contributed by atoms with Crippen molar-refractivity contribution >= 4 is 17.2 Å². The van der Waals surface area contributed by atoms with Gasteiger partial charge in [-0.05, 0) is 43.6 Å². The second kappa shape index (κ2) is 8.11. The third kappa shape index (κ3) is 4.18. The monoisotopic (exact) mass is 316 g/mol. The molecule has 0 bridgehead atoms. The Bertz CT molecular complexity index is 591. The number of carbonyl (C=O) groups excluding carboxylic acids is 1. The Hall–Kier alpha value is -1.65. The number of hydrogen-bond acceptors (Lipinski definition) is 3. The van der Waals surface area contributed by atoms with Crippen LogP contribution < -0.4 is 5.32 Å². The first-order chi connectivity index (χ1) is 10.7. The lowest BCUT2D eigenvalue weighted by molar-refractivity contribution is 0.0935. The third-order valence-corrected chi connectivity index (χ3v) is 4.83. The number of rotatable bonds is 7. The van der Waals surface area contributed by atoms with Gasteiger partial charge < -0.3 is 5.32 Å². The zero-order valence-electron chi connectivity index (χ0n) is 13.5. The fourth-order valence-corrected chi connectivity index (χ4v) is 3.49. The highest BCUT2D eigenvalue weighted by atomic mass is 32.1. The van der Waals surface area contributed by atoms with E-state index in [2.05, 4.69) is 41.6 Å². The highest BCUT2D eigenvalue weighted by molar-refractivity contribution is 7.10. The van der Waals surface area contributed by atoms with Crippen LogP contribution in [0.1, 0.15) is 40.7 Å². The summed E-state index contributed by atoms with van der Waals surface area (Å²) in [7, 11) is 0. The van der Waals surface area contributed by atoms with E-state index in [4.69, 9.17) is 0 Å². The maximum atomic E-state index is 12.3. The van der Waals surface area contributed by atoms with Crippen LogP contribution in [0.4, 0.5) is 0 Å². The minimum absolute atomic E-state index is 0.00240. The largest absolute Gasteiger partial charge is 0.350 e. The molecule has 0 radical (unpaired) electrons. The van der Waals surface area contributed by atoms with Crippen LogP contribution in [0.5, 0.6) is 0 Å². The maximum Gasteiger partial charge on any atom is 0.251 e. The SMILES string of the molecule is CCN(CC)C(CNC(=O)c1cccc(C)c1)c1cccs1. The Morgan fingerprint density at radius 2 is 2.00 bits per heavy atom. The molecular formula is C18H24N2OS.